The molecule has 1 aliphatic carbocycles. The van der Waals surface area contributed by atoms with Crippen LogP contribution in [-0.4, -0.2) is 47.4 Å². The summed E-state index contributed by atoms with van der Waals surface area (Å²) in [6, 6.07) is 2.68. The standard InChI is InChI=1S/C22H24O7/c1-5-6-15-8-13-9-18(24)22(3,20(25)16(13)11-28-15)29-21(26)19-12(2)7-14(23)10-17(19)27-4/h5-8,10,18,23-24H,9,11H2,1-4H3. The molecule has 7 heteroatoms. The maximum absolute atomic E-state index is 13.1. The van der Waals surface area contributed by atoms with Crippen molar-refractivity contribution in [3.8, 4) is 11.5 Å². The quantitative estimate of drug-likeness (QED) is 0.749. The zero-order chi connectivity index (χ0) is 21.3. The molecular weight excluding hydrogens is 376 g/mol. The zero-order valence-electron chi connectivity index (χ0n) is 16.8. The number of hydrogen-bond donors (Lipinski definition) is 2. The minimum absolute atomic E-state index is 0.0474. The van der Waals surface area contributed by atoms with Crippen LogP contribution in [0.2, 0.25) is 0 Å². The van der Waals surface area contributed by atoms with Crippen molar-refractivity contribution < 1.29 is 34.0 Å². The van der Waals surface area contributed by atoms with Crippen LogP contribution in [0.4, 0.5) is 0 Å². The molecule has 0 spiro atoms. The minimum Gasteiger partial charge on any atom is -0.508 e. The van der Waals surface area contributed by atoms with Gasteiger partial charge < -0.3 is 24.4 Å². The normalized spacial score (nSPS) is 24.1. The number of carbonyl (C=O) groups excluding carboxylic acids is 2. The largest absolute Gasteiger partial charge is 0.508 e. The highest BCUT2D eigenvalue weighted by Crippen LogP contribution is 2.38. The first-order chi connectivity index (χ1) is 13.7. The number of ether oxygens (including phenoxy) is 3. The highest BCUT2D eigenvalue weighted by Gasteiger charge is 2.50. The van der Waals surface area contributed by atoms with Gasteiger partial charge in [-0.1, -0.05) is 6.08 Å². The molecule has 0 saturated carbocycles. The first-order valence-electron chi connectivity index (χ1n) is 9.24. The van der Waals surface area contributed by atoms with E-state index in [1.165, 1.54) is 26.2 Å². The van der Waals surface area contributed by atoms with Crippen molar-refractivity contribution in [1.82, 2.24) is 0 Å². The van der Waals surface area contributed by atoms with E-state index in [9.17, 15) is 19.8 Å². The molecule has 0 bridgehead atoms. The second-order valence-corrected chi connectivity index (χ2v) is 7.22. The van der Waals surface area contributed by atoms with Crippen LogP contribution >= 0.6 is 0 Å². The number of rotatable bonds is 4. The van der Waals surface area contributed by atoms with E-state index >= 15 is 0 Å². The monoisotopic (exact) mass is 400 g/mol. The molecule has 2 atom stereocenters. The van der Waals surface area contributed by atoms with E-state index in [0.717, 1.165) is 0 Å². The van der Waals surface area contributed by atoms with Crippen molar-refractivity contribution in [2.45, 2.75) is 38.9 Å². The van der Waals surface area contributed by atoms with E-state index in [2.05, 4.69) is 0 Å². The Bertz CT molecular complexity index is 954. The molecule has 1 aliphatic heterocycles. The third kappa shape index (κ3) is 3.65. The van der Waals surface area contributed by atoms with Gasteiger partial charge in [-0.2, -0.15) is 0 Å². The molecule has 0 fully saturated rings. The van der Waals surface area contributed by atoms with Gasteiger partial charge in [-0.3, -0.25) is 4.79 Å². The summed E-state index contributed by atoms with van der Waals surface area (Å²) in [4.78, 5) is 26.0. The Hall–Kier alpha value is -3.06. The van der Waals surface area contributed by atoms with Crippen LogP contribution in [0.3, 0.4) is 0 Å². The fourth-order valence-electron chi connectivity index (χ4n) is 3.57. The summed E-state index contributed by atoms with van der Waals surface area (Å²) in [5.41, 5.74) is -0.197. The molecule has 3 rings (SSSR count). The summed E-state index contributed by atoms with van der Waals surface area (Å²) in [5.74, 6) is -0.648. The van der Waals surface area contributed by atoms with E-state index in [1.807, 2.05) is 13.0 Å². The van der Waals surface area contributed by atoms with Crippen molar-refractivity contribution >= 4 is 11.8 Å². The van der Waals surface area contributed by atoms with Gasteiger partial charge >= 0.3 is 5.97 Å². The van der Waals surface area contributed by atoms with E-state index in [4.69, 9.17) is 14.2 Å². The van der Waals surface area contributed by atoms with Gasteiger partial charge in [0.15, 0.2) is 5.60 Å². The highest BCUT2D eigenvalue weighted by atomic mass is 16.6. The lowest BCUT2D eigenvalue weighted by Gasteiger charge is -2.39. The molecule has 7 nitrogen and oxygen atoms in total. The fourth-order valence-corrected chi connectivity index (χ4v) is 3.57. The number of ketones is 1. The molecule has 2 aliphatic rings. The molecule has 154 valence electrons. The maximum atomic E-state index is 13.1. The van der Waals surface area contributed by atoms with Crippen molar-refractivity contribution in [3.63, 3.8) is 0 Å². The number of aliphatic hydroxyl groups is 1. The number of aliphatic hydroxyl groups excluding tert-OH is 1. The summed E-state index contributed by atoms with van der Waals surface area (Å²) in [5, 5.41) is 20.4. The number of aromatic hydroxyl groups is 1. The van der Waals surface area contributed by atoms with Crippen LogP contribution in [0.15, 0.2) is 47.3 Å². The predicted octanol–water partition coefficient (Wildman–Crippen LogP) is 2.75. The lowest BCUT2D eigenvalue weighted by Crippen LogP contribution is -2.54. The third-order valence-electron chi connectivity index (χ3n) is 5.21. The topological polar surface area (TPSA) is 102 Å². The molecule has 0 radical (unpaired) electrons. The smallest absolute Gasteiger partial charge is 0.343 e. The number of esters is 1. The first kappa shape index (κ1) is 20.7. The van der Waals surface area contributed by atoms with Crippen molar-refractivity contribution in [3.05, 3.63) is 58.4 Å². The number of aryl methyl sites for hydroxylation is 1. The van der Waals surface area contributed by atoms with Crippen molar-refractivity contribution in [2.24, 2.45) is 0 Å². The second kappa shape index (κ2) is 7.75. The average Bonchev–Trinajstić information content (AvgIpc) is 2.66. The summed E-state index contributed by atoms with van der Waals surface area (Å²) in [6.45, 7) is 4.91. The van der Waals surface area contributed by atoms with Crippen LogP contribution in [0.5, 0.6) is 11.5 Å². The van der Waals surface area contributed by atoms with Gasteiger partial charge in [-0.05, 0) is 50.1 Å². The lowest BCUT2D eigenvalue weighted by atomic mass is 9.77. The Labute approximate surface area is 168 Å². The summed E-state index contributed by atoms with van der Waals surface area (Å²) >= 11 is 0. The Balaban J connectivity index is 1.94. The molecule has 1 aromatic carbocycles. The molecule has 2 unspecified atom stereocenters. The van der Waals surface area contributed by atoms with Crippen LogP contribution in [-0.2, 0) is 14.3 Å². The Morgan fingerprint density at radius 2 is 2.10 bits per heavy atom. The van der Waals surface area contributed by atoms with Gasteiger partial charge in [-0.15, -0.1) is 0 Å². The molecule has 1 heterocycles. The van der Waals surface area contributed by atoms with E-state index in [1.54, 1.807) is 19.1 Å². The van der Waals surface area contributed by atoms with Gasteiger partial charge in [0.25, 0.3) is 0 Å². The van der Waals surface area contributed by atoms with E-state index < -0.39 is 23.5 Å². The summed E-state index contributed by atoms with van der Waals surface area (Å²) in [7, 11) is 1.36. The number of benzene rings is 1. The molecular formula is C22H24O7. The molecule has 29 heavy (non-hydrogen) atoms. The third-order valence-corrected chi connectivity index (χ3v) is 5.21. The molecule has 2 N–H and O–H groups in total. The Morgan fingerprint density at radius 3 is 2.76 bits per heavy atom. The van der Waals surface area contributed by atoms with Gasteiger partial charge in [0, 0.05) is 18.1 Å². The van der Waals surface area contributed by atoms with Gasteiger partial charge in [0.2, 0.25) is 5.78 Å². The number of allylic oxidation sites excluding steroid dienone is 3. The van der Waals surface area contributed by atoms with E-state index in [0.29, 0.717) is 22.5 Å². The van der Waals surface area contributed by atoms with Crippen LogP contribution < -0.4 is 4.74 Å². The number of phenols is 1. The summed E-state index contributed by atoms with van der Waals surface area (Å²) in [6.07, 6.45) is 4.24. The zero-order valence-corrected chi connectivity index (χ0v) is 16.8. The van der Waals surface area contributed by atoms with Gasteiger partial charge in [-0.25, -0.2) is 4.79 Å². The van der Waals surface area contributed by atoms with Crippen molar-refractivity contribution in [1.29, 1.82) is 0 Å². The maximum Gasteiger partial charge on any atom is 0.343 e. The second-order valence-electron chi connectivity index (χ2n) is 7.22. The molecule has 1 aromatic rings. The van der Waals surface area contributed by atoms with Crippen LogP contribution in [0.25, 0.3) is 0 Å². The molecule has 0 amide bonds. The average molecular weight is 400 g/mol. The fraction of sp³-hybridized carbons (Fsp3) is 0.364. The van der Waals surface area contributed by atoms with Crippen LogP contribution in [0, 0.1) is 6.92 Å². The number of phenolic OH excluding ortho intramolecular Hbond substituents is 1. The number of hydrogen-bond acceptors (Lipinski definition) is 7. The SMILES string of the molecule is CC=CC1=CC2=C(CO1)C(=O)C(C)(OC(=O)c1c(C)cc(O)cc1OC)C(O)C2. The number of carbonyl (C=O) groups is 2. The predicted molar refractivity (Wildman–Crippen MR) is 105 cm³/mol. The van der Waals surface area contributed by atoms with Gasteiger partial charge in [0.1, 0.15) is 35.5 Å². The molecule has 0 aromatic heterocycles. The minimum atomic E-state index is -1.76. The first-order valence-corrected chi connectivity index (χ1v) is 9.24. The Morgan fingerprint density at radius 1 is 1.38 bits per heavy atom. The highest BCUT2D eigenvalue weighted by molar-refractivity contribution is 6.07. The molecule has 0 saturated heterocycles. The van der Waals surface area contributed by atoms with Crippen LogP contribution in [0.1, 0.15) is 36.2 Å². The number of methoxy groups -OCH3 is 1. The van der Waals surface area contributed by atoms with Gasteiger partial charge in [0.05, 0.1) is 7.11 Å². The summed E-state index contributed by atoms with van der Waals surface area (Å²) < 4.78 is 16.3. The Kier molecular flexibility index (Phi) is 5.53. The number of Topliss-reactive ketones (excluding diaryl/α,β-unsaturated/α-hetero) is 1. The lowest BCUT2D eigenvalue weighted by molar-refractivity contribution is -0.147. The van der Waals surface area contributed by atoms with E-state index in [-0.39, 0.29) is 30.1 Å². The van der Waals surface area contributed by atoms with Crippen molar-refractivity contribution in [2.75, 3.05) is 13.7 Å².